The molecule has 1 aliphatic rings. The average Bonchev–Trinajstić information content (AvgIpc) is 2.84. The summed E-state index contributed by atoms with van der Waals surface area (Å²) >= 11 is 0. The van der Waals surface area contributed by atoms with E-state index in [0.717, 1.165) is 12.1 Å². The number of nitrogens with zero attached hydrogens (tertiary/aromatic N) is 1. The van der Waals surface area contributed by atoms with Gasteiger partial charge in [-0.2, -0.15) is 0 Å². The number of rotatable bonds is 5. The van der Waals surface area contributed by atoms with Gasteiger partial charge in [0.25, 0.3) is 0 Å². The fourth-order valence-corrected chi connectivity index (χ4v) is 1.17. The van der Waals surface area contributed by atoms with Crippen molar-refractivity contribution in [3.05, 3.63) is 12.2 Å². The highest BCUT2D eigenvalue weighted by atomic mass is 16.2. The Morgan fingerprint density at radius 1 is 1.54 bits per heavy atom. The molecular formula is C10H18N2O. The summed E-state index contributed by atoms with van der Waals surface area (Å²) in [5.41, 5.74) is 1.06. The van der Waals surface area contributed by atoms with Crippen LogP contribution < -0.4 is 5.32 Å². The molecule has 3 heteroatoms. The predicted molar refractivity (Wildman–Crippen MR) is 53.5 cm³/mol. The third-order valence-corrected chi connectivity index (χ3v) is 2.19. The van der Waals surface area contributed by atoms with Crippen LogP contribution in [0.3, 0.4) is 0 Å². The smallest absolute Gasteiger partial charge is 0.236 e. The zero-order valence-corrected chi connectivity index (χ0v) is 8.47. The van der Waals surface area contributed by atoms with Crippen molar-refractivity contribution in [1.82, 2.24) is 10.2 Å². The van der Waals surface area contributed by atoms with Crippen molar-refractivity contribution in [2.24, 2.45) is 0 Å². The van der Waals surface area contributed by atoms with E-state index in [9.17, 15) is 4.79 Å². The van der Waals surface area contributed by atoms with E-state index in [1.807, 2.05) is 18.9 Å². The average molecular weight is 182 g/mol. The summed E-state index contributed by atoms with van der Waals surface area (Å²) in [7, 11) is 1.88. The summed E-state index contributed by atoms with van der Waals surface area (Å²) in [5, 5.41) is 3.06. The highest BCUT2D eigenvalue weighted by Crippen LogP contribution is 2.24. The Bertz CT molecular complexity index is 209. The summed E-state index contributed by atoms with van der Waals surface area (Å²) in [6.07, 6.45) is 2.34. The summed E-state index contributed by atoms with van der Waals surface area (Å²) < 4.78 is 0. The van der Waals surface area contributed by atoms with Gasteiger partial charge in [-0.25, -0.2) is 0 Å². The van der Waals surface area contributed by atoms with E-state index in [-0.39, 0.29) is 5.91 Å². The predicted octanol–water partition coefficient (Wildman–Crippen LogP) is 0.773. The molecule has 1 aliphatic carbocycles. The van der Waals surface area contributed by atoms with Crippen LogP contribution in [0.4, 0.5) is 0 Å². The fourth-order valence-electron chi connectivity index (χ4n) is 1.17. The Labute approximate surface area is 79.8 Å². The first-order valence-corrected chi connectivity index (χ1v) is 4.72. The lowest BCUT2D eigenvalue weighted by Crippen LogP contribution is -2.37. The van der Waals surface area contributed by atoms with Crippen LogP contribution in [0, 0.1) is 0 Å². The van der Waals surface area contributed by atoms with Gasteiger partial charge in [0.1, 0.15) is 0 Å². The molecule has 1 saturated carbocycles. The van der Waals surface area contributed by atoms with Gasteiger partial charge in [0.15, 0.2) is 0 Å². The molecule has 0 aromatic rings. The van der Waals surface area contributed by atoms with Crippen molar-refractivity contribution in [2.45, 2.75) is 25.8 Å². The maximum atomic E-state index is 11.4. The normalized spacial score (nSPS) is 15.5. The lowest BCUT2D eigenvalue weighted by molar-refractivity contribution is -0.129. The molecular weight excluding hydrogens is 164 g/mol. The highest BCUT2D eigenvalue weighted by Gasteiger charge is 2.28. The maximum absolute atomic E-state index is 11.4. The van der Waals surface area contributed by atoms with Crippen LogP contribution >= 0.6 is 0 Å². The molecule has 0 radical (unpaired) electrons. The molecule has 1 N–H and O–H groups in total. The van der Waals surface area contributed by atoms with Crippen molar-refractivity contribution in [1.29, 1.82) is 0 Å². The number of hydrogen-bond acceptors (Lipinski definition) is 2. The second kappa shape index (κ2) is 4.42. The highest BCUT2D eigenvalue weighted by molar-refractivity contribution is 5.78. The number of carbonyl (C=O) groups is 1. The van der Waals surface area contributed by atoms with Crippen molar-refractivity contribution in [2.75, 3.05) is 20.1 Å². The second-order valence-corrected chi connectivity index (χ2v) is 3.80. The molecule has 74 valence electrons. The van der Waals surface area contributed by atoms with Gasteiger partial charge < -0.3 is 10.2 Å². The third-order valence-electron chi connectivity index (χ3n) is 2.19. The van der Waals surface area contributed by atoms with E-state index in [1.54, 1.807) is 0 Å². The van der Waals surface area contributed by atoms with Crippen LogP contribution in [0.2, 0.25) is 0 Å². The Hall–Kier alpha value is -0.830. The molecule has 0 aromatic heterocycles. The topological polar surface area (TPSA) is 32.3 Å². The SMILES string of the molecule is C=C(C)CNCC(=O)N(C)C1CC1. The molecule has 3 nitrogen and oxygen atoms in total. The molecule has 13 heavy (non-hydrogen) atoms. The van der Waals surface area contributed by atoms with Crippen molar-refractivity contribution >= 4 is 5.91 Å². The fraction of sp³-hybridized carbons (Fsp3) is 0.700. The first-order chi connectivity index (χ1) is 6.11. The van der Waals surface area contributed by atoms with Gasteiger partial charge in [0, 0.05) is 19.6 Å². The first-order valence-electron chi connectivity index (χ1n) is 4.72. The Morgan fingerprint density at radius 3 is 2.62 bits per heavy atom. The van der Waals surface area contributed by atoms with Crippen molar-refractivity contribution in [3.8, 4) is 0 Å². The molecule has 0 atom stereocenters. The zero-order chi connectivity index (χ0) is 9.84. The molecule has 1 amide bonds. The minimum absolute atomic E-state index is 0.184. The molecule has 0 aromatic carbocycles. The molecule has 0 unspecified atom stereocenters. The van der Waals surface area contributed by atoms with Crippen LogP contribution in [-0.4, -0.2) is 37.0 Å². The van der Waals surface area contributed by atoms with Crippen molar-refractivity contribution in [3.63, 3.8) is 0 Å². The summed E-state index contributed by atoms with van der Waals surface area (Å²) in [5.74, 6) is 0.184. The number of likely N-dealkylation sites (N-methyl/N-ethyl adjacent to an activating group) is 1. The molecule has 0 heterocycles. The van der Waals surface area contributed by atoms with Gasteiger partial charge in [-0.1, -0.05) is 12.2 Å². The molecule has 1 fully saturated rings. The minimum atomic E-state index is 0.184. The van der Waals surface area contributed by atoms with Crippen LogP contribution in [0.15, 0.2) is 12.2 Å². The number of amides is 1. The lowest BCUT2D eigenvalue weighted by atomic mass is 10.3. The zero-order valence-electron chi connectivity index (χ0n) is 8.47. The summed E-state index contributed by atoms with van der Waals surface area (Å²) in [4.78, 5) is 13.3. The Balaban J connectivity index is 2.13. The van der Waals surface area contributed by atoms with Crippen molar-refractivity contribution < 1.29 is 4.79 Å². The van der Waals surface area contributed by atoms with E-state index in [1.165, 1.54) is 12.8 Å². The van der Waals surface area contributed by atoms with Gasteiger partial charge in [-0.05, 0) is 19.8 Å². The first kappa shape index (κ1) is 10.3. The lowest BCUT2D eigenvalue weighted by Gasteiger charge is -2.16. The van der Waals surface area contributed by atoms with Crippen LogP contribution in [0.25, 0.3) is 0 Å². The quantitative estimate of drug-likeness (QED) is 0.637. The van der Waals surface area contributed by atoms with E-state index >= 15 is 0 Å². The van der Waals surface area contributed by atoms with Gasteiger partial charge in [0.05, 0.1) is 6.54 Å². The van der Waals surface area contributed by atoms with E-state index in [4.69, 9.17) is 0 Å². The monoisotopic (exact) mass is 182 g/mol. The van der Waals surface area contributed by atoms with Gasteiger partial charge >= 0.3 is 0 Å². The van der Waals surface area contributed by atoms with Gasteiger partial charge in [-0.3, -0.25) is 4.79 Å². The number of hydrogen-bond donors (Lipinski definition) is 1. The Morgan fingerprint density at radius 2 is 2.15 bits per heavy atom. The molecule has 0 bridgehead atoms. The largest absolute Gasteiger partial charge is 0.342 e. The number of carbonyl (C=O) groups excluding carboxylic acids is 1. The van der Waals surface area contributed by atoms with Crippen LogP contribution in [0.5, 0.6) is 0 Å². The van der Waals surface area contributed by atoms with E-state index < -0.39 is 0 Å². The molecule has 0 spiro atoms. The molecule has 0 aliphatic heterocycles. The maximum Gasteiger partial charge on any atom is 0.236 e. The van der Waals surface area contributed by atoms with Crippen LogP contribution in [0.1, 0.15) is 19.8 Å². The Kier molecular flexibility index (Phi) is 3.48. The molecule has 0 saturated heterocycles. The van der Waals surface area contributed by atoms with E-state index in [2.05, 4.69) is 11.9 Å². The second-order valence-electron chi connectivity index (χ2n) is 3.80. The summed E-state index contributed by atoms with van der Waals surface area (Å²) in [6.45, 7) is 6.86. The van der Waals surface area contributed by atoms with Crippen LogP contribution in [-0.2, 0) is 4.79 Å². The third kappa shape index (κ3) is 3.59. The summed E-state index contributed by atoms with van der Waals surface area (Å²) in [6, 6.07) is 0.513. The number of nitrogens with one attached hydrogen (secondary N) is 1. The standard InChI is InChI=1S/C10H18N2O/c1-8(2)6-11-7-10(13)12(3)9-4-5-9/h9,11H,1,4-7H2,2-3H3. The van der Waals surface area contributed by atoms with E-state index in [0.29, 0.717) is 12.6 Å². The van der Waals surface area contributed by atoms with Gasteiger partial charge in [0.2, 0.25) is 5.91 Å². The molecule has 1 rings (SSSR count). The van der Waals surface area contributed by atoms with Gasteiger partial charge in [-0.15, -0.1) is 0 Å². The minimum Gasteiger partial charge on any atom is -0.342 e.